The van der Waals surface area contributed by atoms with Crippen LogP contribution in [0.4, 0.5) is 0 Å². The maximum Gasteiger partial charge on any atom is 0.326 e. The van der Waals surface area contributed by atoms with Crippen LogP contribution in [0.15, 0.2) is 0 Å². The first-order chi connectivity index (χ1) is 7.79. The van der Waals surface area contributed by atoms with Gasteiger partial charge in [0.1, 0.15) is 6.04 Å². The second-order valence-corrected chi connectivity index (χ2v) is 4.95. The van der Waals surface area contributed by atoms with E-state index in [4.69, 9.17) is 10.8 Å². The molecule has 0 aromatic carbocycles. The normalized spacial score (nSPS) is 16.4. The van der Waals surface area contributed by atoms with Gasteiger partial charge in [0.05, 0.1) is 6.04 Å². The molecule has 0 saturated carbocycles. The van der Waals surface area contributed by atoms with Crippen molar-refractivity contribution in [3.05, 3.63) is 0 Å². The molecule has 0 aromatic heterocycles. The first-order valence-corrected chi connectivity index (χ1v) is 6.08. The van der Waals surface area contributed by atoms with Crippen molar-refractivity contribution in [2.24, 2.45) is 17.6 Å². The lowest BCUT2D eigenvalue weighted by atomic mass is 9.98. The smallest absolute Gasteiger partial charge is 0.326 e. The molecule has 5 heteroatoms. The molecule has 0 aliphatic rings. The number of hydrogen-bond acceptors (Lipinski definition) is 3. The molecule has 0 aliphatic heterocycles. The van der Waals surface area contributed by atoms with Gasteiger partial charge in [0.2, 0.25) is 5.91 Å². The average Bonchev–Trinajstić information content (AvgIpc) is 2.22. The Kier molecular flexibility index (Phi) is 6.80. The van der Waals surface area contributed by atoms with Crippen molar-refractivity contribution in [3.63, 3.8) is 0 Å². The van der Waals surface area contributed by atoms with E-state index in [0.29, 0.717) is 18.8 Å². The minimum atomic E-state index is -1.01. The molecule has 1 amide bonds. The maximum atomic E-state index is 11.7. The van der Waals surface area contributed by atoms with Gasteiger partial charge in [0, 0.05) is 0 Å². The van der Waals surface area contributed by atoms with Gasteiger partial charge in [-0.05, 0) is 18.3 Å². The summed E-state index contributed by atoms with van der Waals surface area (Å²) in [7, 11) is 0. The Morgan fingerprint density at radius 2 is 1.82 bits per heavy atom. The third-order valence-corrected chi connectivity index (χ3v) is 2.84. The van der Waals surface area contributed by atoms with Gasteiger partial charge in [-0.25, -0.2) is 4.79 Å². The van der Waals surface area contributed by atoms with Crippen LogP contribution in [0.1, 0.15) is 40.5 Å². The van der Waals surface area contributed by atoms with Crippen LogP contribution >= 0.6 is 0 Å². The fourth-order valence-corrected chi connectivity index (χ4v) is 1.56. The second-order valence-electron chi connectivity index (χ2n) is 4.95. The molecule has 0 aliphatic carbocycles. The molecule has 4 N–H and O–H groups in total. The number of nitrogens with two attached hydrogens (primary N) is 1. The summed E-state index contributed by atoms with van der Waals surface area (Å²) < 4.78 is 0. The lowest BCUT2D eigenvalue weighted by molar-refractivity contribution is -0.143. The number of hydrogen-bond donors (Lipinski definition) is 3. The van der Waals surface area contributed by atoms with Crippen LogP contribution in [0.5, 0.6) is 0 Å². The van der Waals surface area contributed by atoms with E-state index in [9.17, 15) is 9.59 Å². The quantitative estimate of drug-likeness (QED) is 0.622. The summed E-state index contributed by atoms with van der Waals surface area (Å²) in [5, 5.41) is 11.5. The van der Waals surface area contributed by atoms with Crippen LogP contribution in [0, 0.1) is 11.8 Å². The highest BCUT2D eigenvalue weighted by Gasteiger charge is 2.27. The third-order valence-electron chi connectivity index (χ3n) is 2.84. The summed E-state index contributed by atoms with van der Waals surface area (Å²) in [6.07, 6.45) is 1.25. The van der Waals surface area contributed by atoms with E-state index < -0.39 is 18.1 Å². The topological polar surface area (TPSA) is 92.4 Å². The molecule has 0 heterocycles. The molecule has 0 spiro atoms. The fourth-order valence-electron chi connectivity index (χ4n) is 1.56. The highest BCUT2D eigenvalue weighted by molar-refractivity contribution is 5.86. The zero-order chi connectivity index (χ0) is 13.6. The monoisotopic (exact) mass is 244 g/mol. The summed E-state index contributed by atoms with van der Waals surface area (Å²) in [6.45, 7) is 7.63. The van der Waals surface area contributed by atoms with Crippen LogP contribution in [0.25, 0.3) is 0 Å². The molecule has 0 saturated heterocycles. The lowest BCUT2D eigenvalue weighted by Gasteiger charge is -2.22. The minimum Gasteiger partial charge on any atom is -0.480 e. The van der Waals surface area contributed by atoms with Crippen molar-refractivity contribution in [3.8, 4) is 0 Å². The Balaban J connectivity index is 4.45. The van der Waals surface area contributed by atoms with Crippen LogP contribution in [0.2, 0.25) is 0 Å². The van der Waals surface area contributed by atoms with E-state index in [1.807, 2.05) is 20.8 Å². The molecule has 0 aromatic rings. The first-order valence-electron chi connectivity index (χ1n) is 6.08. The van der Waals surface area contributed by atoms with Gasteiger partial charge in [-0.1, -0.05) is 34.1 Å². The summed E-state index contributed by atoms with van der Waals surface area (Å²) in [5.74, 6) is -1.19. The minimum absolute atomic E-state index is 0.109. The molecule has 0 unspecified atom stereocenters. The van der Waals surface area contributed by atoms with E-state index in [0.717, 1.165) is 0 Å². The van der Waals surface area contributed by atoms with Gasteiger partial charge in [0.25, 0.3) is 0 Å². The van der Waals surface area contributed by atoms with Crippen molar-refractivity contribution < 1.29 is 14.7 Å². The number of carboxylic acids is 1. The van der Waals surface area contributed by atoms with Gasteiger partial charge >= 0.3 is 5.97 Å². The molecular weight excluding hydrogens is 220 g/mol. The fraction of sp³-hybridized carbons (Fsp3) is 0.833. The molecular formula is C12H24N2O3. The van der Waals surface area contributed by atoms with E-state index >= 15 is 0 Å². The molecule has 5 nitrogen and oxygen atoms in total. The Labute approximate surface area is 103 Å². The SMILES string of the molecule is CC[C@H](C)[C@@H](NC(=O)[C@@H](N)CC(C)C)C(=O)O. The Bertz CT molecular complexity index is 266. The van der Waals surface area contributed by atoms with Crippen molar-refractivity contribution >= 4 is 11.9 Å². The zero-order valence-electron chi connectivity index (χ0n) is 11.1. The van der Waals surface area contributed by atoms with E-state index in [1.165, 1.54) is 0 Å². The standard InChI is InChI=1S/C12H24N2O3/c1-5-8(4)10(12(16)17)14-11(15)9(13)6-7(2)3/h7-10H,5-6,13H2,1-4H3,(H,14,15)(H,16,17)/t8-,9-,10+/m0/s1. The van der Waals surface area contributed by atoms with Gasteiger partial charge < -0.3 is 16.2 Å². The number of carbonyl (C=O) groups is 2. The van der Waals surface area contributed by atoms with Crippen molar-refractivity contribution in [2.45, 2.75) is 52.6 Å². The second kappa shape index (κ2) is 7.27. The number of aliphatic carboxylic acids is 1. The predicted octanol–water partition coefficient (Wildman–Crippen LogP) is 0.975. The van der Waals surface area contributed by atoms with Gasteiger partial charge in [-0.15, -0.1) is 0 Å². The first kappa shape index (κ1) is 15.9. The van der Waals surface area contributed by atoms with Crippen LogP contribution in [0.3, 0.4) is 0 Å². The summed E-state index contributed by atoms with van der Waals surface area (Å²) in [6, 6.07) is -1.49. The molecule has 3 atom stereocenters. The van der Waals surface area contributed by atoms with Crippen molar-refractivity contribution in [1.82, 2.24) is 5.32 Å². The number of rotatable bonds is 7. The Morgan fingerprint density at radius 3 is 2.18 bits per heavy atom. The number of carboxylic acid groups (broad SMARTS) is 1. The predicted molar refractivity (Wildman–Crippen MR) is 66.5 cm³/mol. The molecule has 0 rings (SSSR count). The number of amides is 1. The van der Waals surface area contributed by atoms with E-state index in [1.54, 1.807) is 6.92 Å². The molecule has 0 bridgehead atoms. The van der Waals surface area contributed by atoms with E-state index in [2.05, 4.69) is 5.32 Å². The van der Waals surface area contributed by atoms with Gasteiger partial charge in [-0.2, -0.15) is 0 Å². The molecule has 17 heavy (non-hydrogen) atoms. The summed E-state index contributed by atoms with van der Waals surface area (Å²) in [4.78, 5) is 22.7. The third kappa shape index (κ3) is 5.68. The molecule has 0 fully saturated rings. The van der Waals surface area contributed by atoms with Gasteiger partial charge in [0.15, 0.2) is 0 Å². The Hall–Kier alpha value is -1.10. The van der Waals surface area contributed by atoms with Crippen LogP contribution in [-0.4, -0.2) is 29.1 Å². The zero-order valence-corrected chi connectivity index (χ0v) is 11.1. The van der Waals surface area contributed by atoms with Crippen LogP contribution in [-0.2, 0) is 9.59 Å². The highest BCUT2D eigenvalue weighted by Crippen LogP contribution is 2.09. The average molecular weight is 244 g/mol. The Morgan fingerprint density at radius 1 is 1.29 bits per heavy atom. The molecule has 100 valence electrons. The maximum absolute atomic E-state index is 11.7. The molecule has 0 radical (unpaired) electrons. The summed E-state index contributed by atoms with van der Waals surface area (Å²) >= 11 is 0. The largest absolute Gasteiger partial charge is 0.480 e. The van der Waals surface area contributed by atoms with E-state index in [-0.39, 0.29) is 11.8 Å². The number of nitrogens with one attached hydrogen (secondary N) is 1. The van der Waals surface area contributed by atoms with Crippen LogP contribution < -0.4 is 11.1 Å². The summed E-state index contributed by atoms with van der Waals surface area (Å²) in [5.41, 5.74) is 5.70. The highest BCUT2D eigenvalue weighted by atomic mass is 16.4. The number of carbonyl (C=O) groups excluding carboxylic acids is 1. The van der Waals surface area contributed by atoms with Gasteiger partial charge in [-0.3, -0.25) is 4.79 Å². The van der Waals surface area contributed by atoms with Crippen molar-refractivity contribution in [2.75, 3.05) is 0 Å². The van der Waals surface area contributed by atoms with Crippen molar-refractivity contribution in [1.29, 1.82) is 0 Å². The lowest BCUT2D eigenvalue weighted by Crippen LogP contribution is -2.51.